The molecule has 0 aromatic heterocycles. The molecule has 61 heavy (non-hydrogen) atoms. The highest BCUT2D eigenvalue weighted by Gasteiger charge is 2.50. The van der Waals surface area contributed by atoms with Crippen LogP contribution in [0.5, 0.6) is 0 Å². The summed E-state index contributed by atoms with van der Waals surface area (Å²) in [4.78, 5) is 50.0. The van der Waals surface area contributed by atoms with Gasteiger partial charge in [-0.1, -0.05) is 134 Å². The van der Waals surface area contributed by atoms with Gasteiger partial charge in [-0.3, -0.25) is 14.4 Å². The molecule has 1 saturated carbocycles. The quantitative estimate of drug-likeness (QED) is 0.0130. The molecular formula is C47H82O14. The van der Waals surface area contributed by atoms with E-state index < -0.39 is 86.6 Å². The molecule has 1 aliphatic carbocycles. The molecule has 0 aromatic carbocycles. The monoisotopic (exact) mass is 871 g/mol. The lowest BCUT2D eigenvalue weighted by atomic mass is 9.85. The van der Waals surface area contributed by atoms with Crippen molar-refractivity contribution in [2.75, 3.05) is 13.2 Å². The number of hydrogen-bond donors (Lipinski definition) is 5. The van der Waals surface area contributed by atoms with E-state index in [2.05, 4.69) is 38.2 Å². The van der Waals surface area contributed by atoms with Gasteiger partial charge in [0.25, 0.3) is 6.29 Å². The Bertz CT molecular complexity index is 1180. The molecule has 354 valence electrons. The van der Waals surface area contributed by atoms with Gasteiger partial charge in [-0.25, -0.2) is 4.79 Å². The number of hydrogen-bond acceptors (Lipinski definition) is 14. The summed E-state index contributed by atoms with van der Waals surface area (Å²) in [6, 6.07) is 0. The number of allylic oxidation sites excluding steroid dienone is 4. The van der Waals surface area contributed by atoms with Crippen molar-refractivity contribution in [2.24, 2.45) is 0 Å². The zero-order valence-electron chi connectivity index (χ0n) is 37.5. The van der Waals surface area contributed by atoms with Gasteiger partial charge in [-0.15, -0.1) is 0 Å². The summed E-state index contributed by atoms with van der Waals surface area (Å²) in [6.45, 7) is 3.32. The second-order valence-corrected chi connectivity index (χ2v) is 16.3. The molecule has 0 saturated heterocycles. The Balaban J connectivity index is 2.45. The summed E-state index contributed by atoms with van der Waals surface area (Å²) in [5, 5.41) is 49.4. The molecule has 0 aromatic rings. The van der Waals surface area contributed by atoms with E-state index in [9.17, 15) is 44.7 Å². The first kappa shape index (κ1) is 56.0. The third-order valence-electron chi connectivity index (χ3n) is 10.8. The van der Waals surface area contributed by atoms with Gasteiger partial charge >= 0.3 is 24.1 Å². The van der Waals surface area contributed by atoms with Gasteiger partial charge in [0.05, 0.1) is 6.42 Å². The molecule has 5 atom stereocenters. The molecule has 5 unspecified atom stereocenters. The number of aliphatic hydroxyl groups excluding tert-OH is 5. The molecule has 0 bridgehead atoms. The second kappa shape index (κ2) is 37.5. The van der Waals surface area contributed by atoms with Crippen LogP contribution in [0.15, 0.2) is 24.3 Å². The van der Waals surface area contributed by atoms with Gasteiger partial charge in [0.2, 0.25) is 0 Å². The number of carbonyl (C=O) groups is 4. The third kappa shape index (κ3) is 29.0. The van der Waals surface area contributed by atoms with E-state index in [0.29, 0.717) is 12.8 Å². The van der Waals surface area contributed by atoms with Crippen LogP contribution in [-0.2, 0) is 38.1 Å². The maximum Gasteiger partial charge on any atom is 0.508 e. The van der Waals surface area contributed by atoms with E-state index in [4.69, 9.17) is 23.7 Å². The molecule has 14 heteroatoms. The van der Waals surface area contributed by atoms with Gasteiger partial charge < -0.3 is 49.2 Å². The Morgan fingerprint density at radius 1 is 0.443 bits per heavy atom. The maximum atomic E-state index is 12.7. The van der Waals surface area contributed by atoms with E-state index in [-0.39, 0.29) is 12.8 Å². The number of aliphatic hydroxyl groups is 5. The lowest BCUT2D eigenvalue weighted by Gasteiger charge is -2.40. The Labute approximate surface area is 365 Å². The van der Waals surface area contributed by atoms with Crippen LogP contribution in [0.4, 0.5) is 4.79 Å². The van der Waals surface area contributed by atoms with Gasteiger partial charge in [-0.05, 0) is 64.2 Å². The molecule has 5 N–H and O–H groups in total. The summed E-state index contributed by atoms with van der Waals surface area (Å²) >= 11 is 0. The van der Waals surface area contributed by atoms with Crippen LogP contribution < -0.4 is 0 Å². The predicted octanol–water partition coefficient (Wildman–Crippen LogP) is 8.36. The lowest BCUT2D eigenvalue weighted by Crippen LogP contribution is -2.64. The summed E-state index contributed by atoms with van der Waals surface area (Å²) in [5.74, 6) is -2.05. The lowest BCUT2D eigenvalue weighted by molar-refractivity contribution is -0.226. The normalized spacial score (nSPS) is 20.8. The van der Waals surface area contributed by atoms with E-state index in [1.54, 1.807) is 0 Å². The molecule has 0 aliphatic heterocycles. The fraction of sp³-hybridized carbons (Fsp3) is 0.830. The molecular weight excluding hydrogens is 789 g/mol. The molecule has 0 spiro atoms. The summed E-state index contributed by atoms with van der Waals surface area (Å²) in [5.41, 5.74) is 0. The average molecular weight is 871 g/mol. The fourth-order valence-corrected chi connectivity index (χ4v) is 6.94. The molecule has 1 fully saturated rings. The molecule has 0 heterocycles. The van der Waals surface area contributed by atoms with Gasteiger partial charge in [0, 0.05) is 12.8 Å². The number of carbonyl (C=O) groups excluding carboxylic acids is 4. The first-order valence-corrected chi connectivity index (χ1v) is 23.6. The molecule has 0 amide bonds. The largest absolute Gasteiger partial charge is 0.508 e. The highest BCUT2D eigenvalue weighted by Crippen LogP contribution is 2.24. The SMILES string of the molecule is CCCCCCC/C=C/CCCCCCCC(=O)OC(COC(=O)CCOC(=O)OC1C(O)C(O)C(O)C(O)C1O)OC(=O)CCCCCCC/C=C/CCCCCCCC. The zero-order valence-corrected chi connectivity index (χ0v) is 37.5. The average Bonchev–Trinajstić information content (AvgIpc) is 3.24. The standard InChI is InChI=1S/C47H82O14/c1-3-5-7-9-11-13-15-17-19-21-23-25-27-29-31-33-39(50)60-40(59-38(49)32-30-28-26-24-22-20-18-16-14-12-10-8-6-4-2)36-58-37(48)34-35-57-47(56)61-46-44(54)42(52)41(51)43(53)45(46)55/h16-19,40-46,51-55H,3-15,20-36H2,1-2H3/b18-16+,19-17+. The topological polar surface area (TPSA) is 216 Å². The smallest absolute Gasteiger partial charge is 0.458 e. The first-order valence-electron chi connectivity index (χ1n) is 23.6. The van der Waals surface area contributed by atoms with Crippen LogP contribution in [0.25, 0.3) is 0 Å². The van der Waals surface area contributed by atoms with Gasteiger partial charge in [0.15, 0.2) is 12.7 Å². The van der Waals surface area contributed by atoms with Crippen molar-refractivity contribution < 1.29 is 68.4 Å². The Morgan fingerprint density at radius 2 is 0.803 bits per heavy atom. The fourth-order valence-electron chi connectivity index (χ4n) is 6.94. The summed E-state index contributed by atoms with van der Waals surface area (Å²) < 4.78 is 25.5. The highest BCUT2D eigenvalue weighted by molar-refractivity contribution is 5.72. The molecule has 1 aliphatic rings. The summed E-state index contributed by atoms with van der Waals surface area (Å²) in [7, 11) is 0. The zero-order chi connectivity index (χ0) is 44.9. The van der Waals surface area contributed by atoms with E-state index >= 15 is 0 Å². The Kier molecular flexibility index (Phi) is 34.4. The van der Waals surface area contributed by atoms with Crippen molar-refractivity contribution in [1.29, 1.82) is 0 Å². The van der Waals surface area contributed by atoms with Crippen LogP contribution in [0.3, 0.4) is 0 Å². The first-order chi connectivity index (χ1) is 29.5. The molecule has 1 rings (SSSR count). The highest BCUT2D eigenvalue weighted by atomic mass is 16.7. The maximum absolute atomic E-state index is 12.7. The third-order valence-corrected chi connectivity index (χ3v) is 10.8. The van der Waals surface area contributed by atoms with Crippen molar-refractivity contribution in [3.05, 3.63) is 24.3 Å². The Hall–Kier alpha value is -3.04. The minimum Gasteiger partial charge on any atom is -0.458 e. The minimum atomic E-state index is -1.92. The van der Waals surface area contributed by atoms with E-state index in [1.807, 2.05) is 0 Å². The van der Waals surface area contributed by atoms with E-state index in [0.717, 1.165) is 77.0 Å². The molecule has 0 radical (unpaired) electrons. The van der Waals surface area contributed by atoms with Crippen LogP contribution in [0, 0.1) is 0 Å². The van der Waals surface area contributed by atoms with Crippen LogP contribution in [0.2, 0.25) is 0 Å². The number of esters is 3. The van der Waals surface area contributed by atoms with Crippen molar-refractivity contribution in [2.45, 2.75) is 237 Å². The number of unbranched alkanes of at least 4 members (excludes halogenated alkanes) is 21. The second-order valence-electron chi connectivity index (χ2n) is 16.3. The summed E-state index contributed by atoms with van der Waals surface area (Å²) in [6.07, 6.45) is 22.3. The Morgan fingerprint density at radius 3 is 1.21 bits per heavy atom. The van der Waals surface area contributed by atoms with Gasteiger partial charge in [0.1, 0.15) is 37.1 Å². The van der Waals surface area contributed by atoms with Crippen LogP contribution in [0.1, 0.15) is 194 Å². The number of ether oxygens (including phenoxy) is 5. The van der Waals surface area contributed by atoms with Crippen molar-refractivity contribution in [3.63, 3.8) is 0 Å². The minimum absolute atomic E-state index is 0.113. The van der Waals surface area contributed by atoms with Crippen molar-refractivity contribution in [1.82, 2.24) is 0 Å². The van der Waals surface area contributed by atoms with Crippen molar-refractivity contribution >= 4 is 24.1 Å². The van der Waals surface area contributed by atoms with Crippen LogP contribution in [-0.4, -0.2) is 106 Å². The van der Waals surface area contributed by atoms with Crippen molar-refractivity contribution in [3.8, 4) is 0 Å². The predicted molar refractivity (Wildman–Crippen MR) is 232 cm³/mol. The van der Waals surface area contributed by atoms with E-state index in [1.165, 1.54) is 70.6 Å². The molecule has 14 nitrogen and oxygen atoms in total. The number of rotatable bonds is 37. The van der Waals surface area contributed by atoms with Gasteiger partial charge in [-0.2, -0.15) is 0 Å². The van der Waals surface area contributed by atoms with Crippen LogP contribution >= 0.6 is 0 Å².